The molecule has 1 aromatic rings. The Balaban J connectivity index is 2.09. The summed E-state index contributed by atoms with van der Waals surface area (Å²) in [4.78, 5) is 18.1. The maximum Gasteiger partial charge on any atom is 0.233 e. The van der Waals surface area contributed by atoms with Gasteiger partial charge in [0.25, 0.3) is 0 Å². The van der Waals surface area contributed by atoms with Crippen LogP contribution in [0, 0.1) is 5.92 Å². The number of carbonyl (C=O) groups is 1. The average Bonchev–Trinajstić information content (AvgIpc) is 2.39. The van der Waals surface area contributed by atoms with Crippen LogP contribution in [0.25, 0.3) is 0 Å². The van der Waals surface area contributed by atoms with Gasteiger partial charge in [-0.05, 0) is 31.9 Å². The molecule has 1 fully saturated rings. The van der Waals surface area contributed by atoms with Crippen LogP contribution in [-0.4, -0.2) is 30.6 Å². The molecule has 1 aliphatic rings. The first-order valence-electron chi connectivity index (χ1n) is 6.00. The van der Waals surface area contributed by atoms with Gasteiger partial charge in [-0.3, -0.25) is 9.69 Å². The maximum atomic E-state index is 12.3. The fraction of sp³-hybridized carbons (Fsp3) is 0.538. The molecule has 1 aromatic heterocycles. The highest BCUT2D eigenvalue weighted by atomic mass is 16.5. The van der Waals surface area contributed by atoms with E-state index in [0.717, 1.165) is 19.4 Å². The van der Waals surface area contributed by atoms with Crippen molar-refractivity contribution >= 4 is 11.7 Å². The summed E-state index contributed by atoms with van der Waals surface area (Å²) in [7, 11) is 1.77. The van der Waals surface area contributed by atoms with Crippen LogP contribution in [0.4, 0.5) is 5.82 Å². The number of hydrogen-bond acceptors (Lipinski definition) is 3. The molecule has 0 aliphatic carbocycles. The lowest BCUT2D eigenvalue weighted by atomic mass is 9.94. The third-order valence-electron chi connectivity index (χ3n) is 3.25. The molecule has 2 heterocycles. The molecule has 0 bridgehead atoms. The second kappa shape index (κ2) is 5.27. The van der Waals surface area contributed by atoms with E-state index in [-0.39, 0.29) is 17.9 Å². The Morgan fingerprint density at radius 2 is 2.35 bits per heavy atom. The lowest BCUT2D eigenvalue weighted by Gasteiger charge is -2.31. The van der Waals surface area contributed by atoms with Crippen molar-refractivity contribution in [3.8, 4) is 0 Å². The largest absolute Gasteiger partial charge is 0.378 e. The van der Waals surface area contributed by atoms with Crippen molar-refractivity contribution in [2.75, 3.05) is 18.6 Å². The summed E-state index contributed by atoms with van der Waals surface area (Å²) in [6, 6.07) is 5.56. The van der Waals surface area contributed by atoms with Gasteiger partial charge in [-0.25, -0.2) is 4.98 Å². The van der Waals surface area contributed by atoms with Gasteiger partial charge in [0.15, 0.2) is 0 Å². The highest BCUT2D eigenvalue weighted by Crippen LogP contribution is 2.23. The van der Waals surface area contributed by atoms with Gasteiger partial charge in [0.05, 0.1) is 12.0 Å². The summed E-state index contributed by atoms with van der Waals surface area (Å²) in [5.41, 5.74) is 0. The fourth-order valence-corrected chi connectivity index (χ4v) is 2.16. The Labute approximate surface area is 102 Å². The third kappa shape index (κ3) is 2.64. The Morgan fingerprint density at radius 3 is 3.00 bits per heavy atom. The molecule has 4 heteroatoms. The summed E-state index contributed by atoms with van der Waals surface area (Å²) in [5, 5.41) is 0. The van der Waals surface area contributed by atoms with E-state index in [1.54, 1.807) is 18.1 Å². The Hall–Kier alpha value is -1.42. The van der Waals surface area contributed by atoms with Gasteiger partial charge >= 0.3 is 0 Å². The van der Waals surface area contributed by atoms with Gasteiger partial charge in [0.2, 0.25) is 5.91 Å². The molecular formula is C13H18N2O2. The van der Waals surface area contributed by atoms with Crippen LogP contribution >= 0.6 is 0 Å². The van der Waals surface area contributed by atoms with Gasteiger partial charge in [0.1, 0.15) is 5.82 Å². The molecule has 4 nitrogen and oxygen atoms in total. The van der Waals surface area contributed by atoms with Gasteiger partial charge in [-0.2, -0.15) is 0 Å². The van der Waals surface area contributed by atoms with Crippen LogP contribution < -0.4 is 4.90 Å². The van der Waals surface area contributed by atoms with Crippen LogP contribution in [0.5, 0.6) is 0 Å². The summed E-state index contributed by atoms with van der Waals surface area (Å²) >= 11 is 0. The number of aromatic nitrogens is 1. The first-order chi connectivity index (χ1) is 8.20. The Morgan fingerprint density at radius 1 is 1.53 bits per heavy atom. The minimum Gasteiger partial charge on any atom is -0.378 e. The minimum atomic E-state index is -0.0456. The molecule has 1 aliphatic heterocycles. The van der Waals surface area contributed by atoms with E-state index in [1.165, 1.54) is 0 Å². The van der Waals surface area contributed by atoms with Crippen LogP contribution in [0.15, 0.2) is 24.4 Å². The van der Waals surface area contributed by atoms with Crippen molar-refractivity contribution in [3.63, 3.8) is 0 Å². The molecule has 17 heavy (non-hydrogen) atoms. The maximum absolute atomic E-state index is 12.3. The zero-order valence-corrected chi connectivity index (χ0v) is 10.3. The second-order valence-corrected chi connectivity index (χ2v) is 4.41. The van der Waals surface area contributed by atoms with Crippen LogP contribution in [0.2, 0.25) is 0 Å². The van der Waals surface area contributed by atoms with Gasteiger partial charge in [-0.15, -0.1) is 0 Å². The molecular weight excluding hydrogens is 216 g/mol. The summed E-state index contributed by atoms with van der Waals surface area (Å²) < 4.78 is 5.53. The Kier molecular flexibility index (Phi) is 3.74. The standard InChI is InChI=1S/C13H18N2O2/c1-10-11(6-5-9-17-10)13(16)15(2)12-7-3-4-8-14-12/h3-4,7-8,10-11H,5-6,9H2,1-2H3. The van der Waals surface area contributed by atoms with Crippen LogP contribution in [0.1, 0.15) is 19.8 Å². The van der Waals surface area contributed by atoms with Crippen molar-refractivity contribution in [3.05, 3.63) is 24.4 Å². The molecule has 0 spiro atoms. The smallest absolute Gasteiger partial charge is 0.233 e. The van der Waals surface area contributed by atoms with Crippen LogP contribution in [0.3, 0.4) is 0 Å². The topological polar surface area (TPSA) is 42.4 Å². The Bertz CT molecular complexity index is 380. The van der Waals surface area contributed by atoms with Gasteiger partial charge in [0, 0.05) is 19.9 Å². The van der Waals surface area contributed by atoms with Crippen molar-refractivity contribution < 1.29 is 9.53 Å². The van der Waals surface area contributed by atoms with Crippen molar-refractivity contribution in [1.82, 2.24) is 4.98 Å². The van der Waals surface area contributed by atoms with Crippen molar-refractivity contribution in [2.24, 2.45) is 5.92 Å². The first kappa shape index (κ1) is 12.0. The van der Waals surface area contributed by atoms with Gasteiger partial charge < -0.3 is 4.74 Å². The first-order valence-corrected chi connectivity index (χ1v) is 6.00. The normalized spacial score (nSPS) is 24.4. The second-order valence-electron chi connectivity index (χ2n) is 4.41. The minimum absolute atomic E-state index is 0.00223. The number of rotatable bonds is 2. The predicted octanol–water partition coefficient (Wildman–Crippen LogP) is 1.86. The van der Waals surface area contributed by atoms with E-state index < -0.39 is 0 Å². The zero-order valence-electron chi connectivity index (χ0n) is 10.3. The third-order valence-corrected chi connectivity index (χ3v) is 3.25. The van der Waals surface area contributed by atoms with Gasteiger partial charge in [-0.1, -0.05) is 6.07 Å². The highest BCUT2D eigenvalue weighted by Gasteiger charge is 2.31. The molecule has 1 saturated heterocycles. The van der Waals surface area contributed by atoms with E-state index in [0.29, 0.717) is 5.82 Å². The highest BCUT2D eigenvalue weighted by molar-refractivity contribution is 5.94. The summed E-state index contributed by atoms with van der Waals surface area (Å²) in [5.74, 6) is 0.738. The quantitative estimate of drug-likeness (QED) is 0.784. The van der Waals surface area contributed by atoms with E-state index in [4.69, 9.17) is 4.74 Å². The van der Waals surface area contributed by atoms with Crippen molar-refractivity contribution in [2.45, 2.75) is 25.9 Å². The molecule has 0 aromatic carbocycles. The number of pyridine rings is 1. The molecule has 0 saturated carbocycles. The molecule has 2 atom stereocenters. The molecule has 0 radical (unpaired) electrons. The number of ether oxygens (including phenoxy) is 1. The molecule has 92 valence electrons. The van der Waals surface area contributed by atoms with Crippen LogP contribution in [-0.2, 0) is 9.53 Å². The number of anilines is 1. The zero-order chi connectivity index (χ0) is 12.3. The predicted molar refractivity (Wildman–Crippen MR) is 65.8 cm³/mol. The number of nitrogens with zero attached hydrogens (tertiary/aromatic N) is 2. The summed E-state index contributed by atoms with van der Waals surface area (Å²) in [6.45, 7) is 2.73. The SMILES string of the molecule is CC1OCCCC1C(=O)N(C)c1ccccn1. The average molecular weight is 234 g/mol. The van der Waals surface area contributed by atoms with Crippen molar-refractivity contribution in [1.29, 1.82) is 0 Å². The van der Waals surface area contributed by atoms with E-state index in [1.807, 2.05) is 25.1 Å². The molecule has 2 rings (SSSR count). The summed E-state index contributed by atoms with van der Waals surface area (Å²) in [6.07, 6.45) is 3.55. The number of hydrogen-bond donors (Lipinski definition) is 0. The molecule has 2 unspecified atom stereocenters. The molecule has 1 amide bonds. The van der Waals surface area contributed by atoms with E-state index >= 15 is 0 Å². The fourth-order valence-electron chi connectivity index (χ4n) is 2.16. The lowest BCUT2D eigenvalue weighted by Crippen LogP contribution is -2.41. The molecule has 0 N–H and O–H groups in total. The monoisotopic (exact) mass is 234 g/mol. The number of amides is 1. The van der Waals surface area contributed by atoms with E-state index in [9.17, 15) is 4.79 Å². The van der Waals surface area contributed by atoms with E-state index in [2.05, 4.69) is 4.98 Å². The lowest BCUT2D eigenvalue weighted by molar-refractivity contribution is -0.130. The number of carbonyl (C=O) groups excluding carboxylic acids is 1.